The highest BCUT2D eigenvalue weighted by molar-refractivity contribution is 6.09. The topological polar surface area (TPSA) is 44.5 Å². The molecule has 3 heteroatoms. The molecule has 0 bridgehead atoms. The molecule has 0 aliphatic heterocycles. The third kappa shape index (κ3) is 1.53. The molecule has 0 spiro atoms. The van der Waals surface area contributed by atoms with Crippen LogP contribution in [0.2, 0.25) is 0 Å². The molecule has 0 atom stereocenters. The first kappa shape index (κ1) is 11.6. The number of fused-ring (bicyclic) bond motifs is 3. The minimum atomic E-state index is 0.923. The summed E-state index contributed by atoms with van der Waals surface area (Å²) in [5, 5.41) is 3.54. The second-order valence-corrected chi connectivity index (χ2v) is 5.51. The molecular formula is C19H13N3. The van der Waals surface area contributed by atoms with Crippen LogP contribution in [0.1, 0.15) is 0 Å². The summed E-state index contributed by atoms with van der Waals surface area (Å²) < 4.78 is 0. The number of benzene rings is 2. The monoisotopic (exact) mass is 283 g/mol. The number of rotatable bonds is 1. The minimum Gasteiger partial charge on any atom is -0.354 e. The molecule has 2 N–H and O–H groups in total. The Balaban J connectivity index is 1.96. The second-order valence-electron chi connectivity index (χ2n) is 5.51. The van der Waals surface area contributed by atoms with Crippen LogP contribution in [0.5, 0.6) is 0 Å². The van der Waals surface area contributed by atoms with E-state index in [2.05, 4.69) is 64.6 Å². The fraction of sp³-hybridized carbons (Fsp3) is 0. The van der Waals surface area contributed by atoms with E-state index >= 15 is 0 Å². The van der Waals surface area contributed by atoms with E-state index in [1.165, 1.54) is 16.3 Å². The Kier molecular flexibility index (Phi) is 2.22. The Morgan fingerprint density at radius 2 is 1.68 bits per heavy atom. The first-order chi connectivity index (χ1) is 10.9. The molecule has 5 rings (SSSR count). The van der Waals surface area contributed by atoms with Gasteiger partial charge in [-0.2, -0.15) is 0 Å². The number of hydrogen-bond acceptors (Lipinski definition) is 1. The number of aromatic amines is 2. The average Bonchev–Trinajstić information content (AvgIpc) is 3.18. The van der Waals surface area contributed by atoms with Crippen molar-refractivity contribution < 1.29 is 0 Å². The molecule has 0 aliphatic rings. The van der Waals surface area contributed by atoms with Crippen molar-refractivity contribution in [1.29, 1.82) is 0 Å². The van der Waals surface area contributed by atoms with Crippen LogP contribution in [0.15, 0.2) is 66.9 Å². The van der Waals surface area contributed by atoms with Gasteiger partial charge in [-0.05, 0) is 24.3 Å². The summed E-state index contributed by atoms with van der Waals surface area (Å²) in [6.45, 7) is 0. The summed E-state index contributed by atoms with van der Waals surface area (Å²) in [6.07, 6.45) is 1.95. The van der Waals surface area contributed by atoms with E-state index in [0.717, 1.165) is 27.8 Å². The van der Waals surface area contributed by atoms with Crippen molar-refractivity contribution in [2.75, 3.05) is 0 Å². The van der Waals surface area contributed by atoms with Gasteiger partial charge >= 0.3 is 0 Å². The Labute approximate surface area is 126 Å². The maximum Gasteiger partial charge on any atom is 0.138 e. The van der Waals surface area contributed by atoms with Crippen molar-refractivity contribution in [2.24, 2.45) is 0 Å². The highest BCUT2D eigenvalue weighted by Crippen LogP contribution is 2.35. The molecule has 0 saturated carbocycles. The van der Waals surface area contributed by atoms with E-state index in [1.807, 2.05) is 12.3 Å². The zero-order chi connectivity index (χ0) is 14.5. The molecule has 2 aromatic carbocycles. The third-order valence-electron chi connectivity index (χ3n) is 4.20. The molecule has 0 radical (unpaired) electrons. The molecule has 0 fully saturated rings. The van der Waals surface area contributed by atoms with Gasteiger partial charge in [0, 0.05) is 39.1 Å². The Bertz CT molecular complexity index is 1100. The lowest BCUT2D eigenvalue weighted by Crippen LogP contribution is -1.87. The molecule has 3 heterocycles. The number of hydrogen-bond donors (Lipinski definition) is 2. The maximum absolute atomic E-state index is 4.71. The van der Waals surface area contributed by atoms with E-state index in [-0.39, 0.29) is 0 Å². The van der Waals surface area contributed by atoms with Crippen molar-refractivity contribution in [3.8, 4) is 11.3 Å². The fourth-order valence-electron chi connectivity index (χ4n) is 3.20. The summed E-state index contributed by atoms with van der Waals surface area (Å²) in [7, 11) is 0. The minimum absolute atomic E-state index is 0.923. The molecule has 0 saturated heterocycles. The molecular weight excluding hydrogens is 270 g/mol. The lowest BCUT2D eigenvalue weighted by Gasteiger charge is -2.06. The van der Waals surface area contributed by atoms with Crippen LogP contribution < -0.4 is 0 Å². The highest BCUT2D eigenvalue weighted by atomic mass is 14.8. The molecule has 0 amide bonds. The average molecular weight is 283 g/mol. The van der Waals surface area contributed by atoms with Crippen molar-refractivity contribution in [1.82, 2.24) is 15.0 Å². The Morgan fingerprint density at radius 3 is 2.64 bits per heavy atom. The van der Waals surface area contributed by atoms with Gasteiger partial charge < -0.3 is 9.97 Å². The molecule has 3 nitrogen and oxygen atoms in total. The zero-order valence-electron chi connectivity index (χ0n) is 11.8. The number of aromatic nitrogens is 3. The smallest absolute Gasteiger partial charge is 0.138 e. The normalized spacial score (nSPS) is 11.6. The lowest BCUT2D eigenvalue weighted by atomic mass is 10.0. The molecule has 5 aromatic rings. The van der Waals surface area contributed by atoms with E-state index in [1.54, 1.807) is 0 Å². The van der Waals surface area contributed by atoms with Crippen molar-refractivity contribution in [3.05, 3.63) is 66.9 Å². The van der Waals surface area contributed by atoms with Crippen molar-refractivity contribution >= 4 is 32.8 Å². The van der Waals surface area contributed by atoms with Gasteiger partial charge in [-0.1, -0.05) is 36.4 Å². The van der Waals surface area contributed by atoms with Gasteiger partial charge in [-0.3, -0.25) is 0 Å². The Morgan fingerprint density at radius 1 is 0.818 bits per heavy atom. The van der Waals surface area contributed by atoms with E-state index < -0.39 is 0 Å². The maximum atomic E-state index is 4.71. The summed E-state index contributed by atoms with van der Waals surface area (Å²) >= 11 is 0. The summed E-state index contributed by atoms with van der Waals surface area (Å²) in [5.74, 6) is 0. The van der Waals surface area contributed by atoms with Crippen LogP contribution >= 0.6 is 0 Å². The molecule has 22 heavy (non-hydrogen) atoms. The van der Waals surface area contributed by atoms with Crippen LogP contribution in [0.4, 0.5) is 0 Å². The lowest BCUT2D eigenvalue weighted by molar-refractivity contribution is 1.37. The number of H-pyrrole nitrogens is 2. The van der Waals surface area contributed by atoms with Crippen LogP contribution in [0.3, 0.4) is 0 Å². The number of nitrogens with zero attached hydrogens (tertiary/aromatic N) is 1. The Hall–Kier alpha value is -3.07. The highest BCUT2D eigenvalue weighted by Gasteiger charge is 2.13. The van der Waals surface area contributed by atoms with Gasteiger partial charge in [0.25, 0.3) is 0 Å². The van der Waals surface area contributed by atoms with Gasteiger partial charge in [0.05, 0.1) is 5.52 Å². The largest absolute Gasteiger partial charge is 0.354 e. The van der Waals surface area contributed by atoms with Gasteiger partial charge in [0.15, 0.2) is 0 Å². The summed E-state index contributed by atoms with van der Waals surface area (Å²) in [6, 6.07) is 20.9. The predicted molar refractivity (Wildman–Crippen MR) is 90.9 cm³/mol. The summed E-state index contributed by atoms with van der Waals surface area (Å²) in [5.41, 5.74) is 5.42. The third-order valence-corrected chi connectivity index (χ3v) is 4.20. The fourth-order valence-corrected chi connectivity index (χ4v) is 3.20. The van der Waals surface area contributed by atoms with E-state index in [0.29, 0.717) is 0 Å². The van der Waals surface area contributed by atoms with Crippen molar-refractivity contribution in [2.45, 2.75) is 0 Å². The van der Waals surface area contributed by atoms with Crippen LogP contribution in [-0.2, 0) is 0 Å². The first-order valence-electron chi connectivity index (χ1n) is 7.34. The standard InChI is InChI=1S/C19H13N3/c1-3-7-15-12(5-1)11-17(21-15)18-13-6-2-4-8-16(13)22-19-14(18)9-10-20-19/h1-11,21H,(H,20,22). The van der Waals surface area contributed by atoms with E-state index in [4.69, 9.17) is 4.98 Å². The predicted octanol–water partition coefficient (Wildman–Crippen LogP) is 4.86. The quantitative estimate of drug-likeness (QED) is 0.453. The number of pyridine rings is 1. The van der Waals surface area contributed by atoms with Gasteiger partial charge in [0.2, 0.25) is 0 Å². The number of nitrogens with one attached hydrogen (secondary N) is 2. The second kappa shape index (κ2) is 4.21. The van der Waals surface area contributed by atoms with Gasteiger partial charge in [0.1, 0.15) is 5.65 Å². The number of para-hydroxylation sites is 2. The summed E-state index contributed by atoms with van der Waals surface area (Å²) in [4.78, 5) is 11.5. The van der Waals surface area contributed by atoms with E-state index in [9.17, 15) is 0 Å². The van der Waals surface area contributed by atoms with Gasteiger partial charge in [-0.15, -0.1) is 0 Å². The van der Waals surface area contributed by atoms with Gasteiger partial charge in [-0.25, -0.2) is 4.98 Å². The SMILES string of the molecule is c1ccc2[nH]c(-c3c4ccccc4nc4[nH]ccc34)cc2c1. The van der Waals surface area contributed by atoms with Crippen LogP contribution in [-0.4, -0.2) is 15.0 Å². The molecule has 0 aliphatic carbocycles. The van der Waals surface area contributed by atoms with Crippen LogP contribution in [0, 0.1) is 0 Å². The molecule has 104 valence electrons. The first-order valence-corrected chi connectivity index (χ1v) is 7.34. The van der Waals surface area contributed by atoms with Crippen molar-refractivity contribution in [3.63, 3.8) is 0 Å². The zero-order valence-corrected chi connectivity index (χ0v) is 11.8. The van der Waals surface area contributed by atoms with Crippen LogP contribution in [0.25, 0.3) is 44.1 Å². The molecule has 3 aromatic heterocycles. The molecule has 0 unspecified atom stereocenters.